The second-order valence-electron chi connectivity index (χ2n) is 5.88. The minimum absolute atomic E-state index is 0.0232. The van der Waals surface area contributed by atoms with Crippen molar-refractivity contribution >= 4 is 28.3 Å². The van der Waals surface area contributed by atoms with Gasteiger partial charge < -0.3 is 10.3 Å². The van der Waals surface area contributed by atoms with Gasteiger partial charge in [-0.2, -0.15) is 13.2 Å². The molecule has 3 rings (SSSR count). The Balaban J connectivity index is 1.96. The Kier molecular flexibility index (Phi) is 4.57. The van der Waals surface area contributed by atoms with Gasteiger partial charge in [0.1, 0.15) is 5.56 Å². The van der Waals surface area contributed by atoms with E-state index in [4.69, 9.17) is 0 Å². The number of amides is 1. The van der Waals surface area contributed by atoms with Gasteiger partial charge in [0, 0.05) is 28.4 Å². The van der Waals surface area contributed by atoms with Crippen molar-refractivity contribution in [2.75, 3.05) is 5.32 Å². The first kappa shape index (κ1) is 18.4. The molecule has 1 heterocycles. The van der Waals surface area contributed by atoms with Crippen LogP contribution < -0.4 is 10.7 Å². The molecule has 0 aliphatic rings. The monoisotopic (exact) mass is 374 g/mol. The van der Waals surface area contributed by atoms with E-state index in [0.717, 1.165) is 24.4 Å². The normalized spacial score (nSPS) is 11.4. The number of aromatic nitrogens is 1. The summed E-state index contributed by atoms with van der Waals surface area (Å²) in [5, 5.41) is 2.47. The highest BCUT2D eigenvalue weighted by Gasteiger charge is 2.30. The van der Waals surface area contributed by atoms with Gasteiger partial charge in [0.25, 0.3) is 5.91 Å². The quantitative estimate of drug-likeness (QED) is 0.680. The van der Waals surface area contributed by atoms with Crippen molar-refractivity contribution in [3.05, 3.63) is 75.6 Å². The van der Waals surface area contributed by atoms with Crippen molar-refractivity contribution < 1.29 is 22.8 Å². The summed E-state index contributed by atoms with van der Waals surface area (Å²) >= 11 is 0. The van der Waals surface area contributed by atoms with E-state index < -0.39 is 23.1 Å². The van der Waals surface area contributed by atoms with Gasteiger partial charge in [0.05, 0.1) is 5.56 Å². The number of hydrogen-bond donors (Lipinski definition) is 2. The van der Waals surface area contributed by atoms with Crippen molar-refractivity contribution in [2.45, 2.75) is 13.1 Å². The van der Waals surface area contributed by atoms with Crippen LogP contribution in [0.15, 0.2) is 53.5 Å². The molecule has 2 aromatic carbocycles. The Bertz CT molecular complexity index is 1120. The number of hydrogen-bond acceptors (Lipinski definition) is 3. The van der Waals surface area contributed by atoms with Crippen molar-refractivity contribution in [1.29, 1.82) is 0 Å². The molecule has 0 fully saturated rings. The maximum Gasteiger partial charge on any atom is 0.416 e. The van der Waals surface area contributed by atoms with Crippen LogP contribution in [0, 0.1) is 0 Å². The van der Waals surface area contributed by atoms with E-state index in [0.29, 0.717) is 11.3 Å². The second-order valence-corrected chi connectivity index (χ2v) is 5.88. The molecule has 0 aliphatic heterocycles. The predicted octanol–water partition coefficient (Wildman–Crippen LogP) is 4.00. The Hall–Kier alpha value is -3.42. The zero-order valence-electron chi connectivity index (χ0n) is 14.0. The Morgan fingerprint density at radius 1 is 1.07 bits per heavy atom. The number of benzene rings is 2. The number of anilines is 1. The van der Waals surface area contributed by atoms with Crippen LogP contribution in [-0.2, 0) is 6.18 Å². The molecule has 8 heteroatoms. The number of carbonyl (C=O) groups excluding carboxylic acids is 2. The summed E-state index contributed by atoms with van der Waals surface area (Å²) in [5.41, 5.74) is -1.17. The molecule has 0 atom stereocenters. The van der Waals surface area contributed by atoms with Crippen LogP contribution in [0.1, 0.15) is 33.2 Å². The molecule has 0 bridgehead atoms. The van der Waals surface area contributed by atoms with Crippen LogP contribution in [0.25, 0.3) is 10.9 Å². The lowest BCUT2D eigenvalue weighted by atomic mass is 10.1. The highest BCUT2D eigenvalue weighted by Crippen LogP contribution is 2.30. The highest BCUT2D eigenvalue weighted by molar-refractivity contribution is 6.06. The van der Waals surface area contributed by atoms with E-state index in [1.807, 2.05) is 0 Å². The van der Waals surface area contributed by atoms with Gasteiger partial charge in [0.2, 0.25) is 5.43 Å². The summed E-state index contributed by atoms with van der Waals surface area (Å²) in [4.78, 5) is 38.8. The molecule has 0 aliphatic carbocycles. The zero-order chi connectivity index (χ0) is 19.8. The maximum atomic E-state index is 12.8. The molecule has 2 N–H and O–H groups in total. The molecule has 27 heavy (non-hydrogen) atoms. The molecule has 138 valence electrons. The molecule has 5 nitrogen and oxygen atoms in total. The maximum absolute atomic E-state index is 12.8. The number of fused-ring (bicyclic) bond motifs is 1. The molecule has 0 saturated carbocycles. The Labute approximate surface area is 150 Å². The first-order valence-corrected chi connectivity index (χ1v) is 7.82. The van der Waals surface area contributed by atoms with Gasteiger partial charge in [0.15, 0.2) is 5.78 Å². The minimum atomic E-state index is -4.54. The standard InChI is InChI=1S/C19H13F3N2O3/c1-10(25)11-3-2-4-13(7-11)24-18(27)15-9-23-16-8-12(19(20,21)22)5-6-14(16)17(15)26/h2-9H,1H3,(H,23,26)(H,24,27). The summed E-state index contributed by atoms with van der Waals surface area (Å²) in [7, 11) is 0. The fourth-order valence-electron chi connectivity index (χ4n) is 2.58. The molecule has 0 unspecified atom stereocenters. The number of ketones is 1. The molecule has 1 aromatic heterocycles. The number of pyridine rings is 1. The van der Waals surface area contributed by atoms with E-state index in [9.17, 15) is 27.6 Å². The lowest BCUT2D eigenvalue weighted by Crippen LogP contribution is -2.22. The third-order valence-electron chi connectivity index (χ3n) is 3.98. The second kappa shape index (κ2) is 6.71. The summed E-state index contributed by atoms with van der Waals surface area (Å²) in [6.07, 6.45) is -3.47. The molecule has 3 aromatic rings. The number of nitrogens with one attached hydrogen (secondary N) is 2. The summed E-state index contributed by atoms with van der Waals surface area (Å²) in [6.45, 7) is 1.38. The molecule has 0 saturated heterocycles. The molecular weight excluding hydrogens is 361 g/mol. The third-order valence-corrected chi connectivity index (χ3v) is 3.98. The van der Waals surface area contributed by atoms with Crippen LogP contribution in [0.2, 0.25) is 0 Å². The number of aromatic amines is 1. The van der Waals surface area contributed by atoms with Gasteiger partial charge in [-0.3, -0.25) is 14.4 Å². The van der Waals surface area contributed by atoms with Crippen LogP contribution in [-0.4, -0.2) is 16.7 Å². The van der Waals surface area contributed by atoms with E-state index in [1.165, 1.54) is 13.0 Å². The number of H-pyrrole nitrogens is 1. The van der Waals surface area contributed by atoms with Gasteiger partial charge in [-0.1, -0.05) is 12.1 Å². The van der Waals surface area contributed by atoms with Crippen molar-refractivity contribution in [3.8, 4) is 0 Å². The van der Waals surface area contributed by atoms with Crippen LogP contribution in [0.4, 0.5) is 18.9 Å². The summed E-state index contributed by atoms with van der Waals surface area (Å²) in [6, 6.07) is 8.81. The Morgan fingerprint density at radius 2 is 1.81 bits per heavy atom. The van der Waals surface area contributed by atoms with Gasteiger partial charge >= 0.3 is 6.18 Å². The number of alkyl halides is 3. The van der Waals surface area contributed by atoms with Crippen LogP contribution in [0.3, 0.4) is 0 Å². The summed E-state index contributed by atoms with van der Waals surface area (Å²) in [5.74, 6) is -0.922. The zero-order valence-corrected chi connectivity index (χ0v) is 14.0. The lowest BCUT2D eigenvalue weighted by molar-refractivity contribution is -0.137. The van der Waals surface area contributed by atoms with Gasteiger partial charge in [-0.05, 0) is 37.3 Å². The molecular formula is C19H13F3N2O3. The van der Waals surface area contributed by atoms with E-state index in [-0.39, 0.29) is 22.2 Å². The van der Waals surface area contributed by atoms with E-state index in [1.54, 1.807) is 18.2 Å². The van der Waals surface area contributed by atoms with Crippen molar-refractivity contribution in [3.63, 3.8) is 0 Å². The fourth-order valence-corrected chi connectivity index (χ4v) is 2.58. The number of Topliss-reactive ketones (excluding diaryl/α,β-unsaturated/α-hetero) is 1. The number of carbonyl (C=O) groups is 2. The molecule has 0 spiro atoms. The minimum Gasteiger partial charge on any atom is -0.360 e. The van der Waals surface area contributed by atoms with Crippen LogP contribution >= 0.6 is 0 Å². The Morgan fingerprint density at radius 3 is 2.48 bits per heavy atom. The van der Waals surface area contributed by atoms with Gasteiger partial charge in [-0.15, -0.1) is 0 Å². The largest absolute Gasteiger partial charge is 0.416 e. The molecule has 0 radical (unpaired) electrons. The topological polar surface area (TPSA) is 79.0 Å². The SMILES string of the molecule is CC(=O)c1cccc(NC(=O)c2c[nH]c3cc(C(F)(F)F)ccc3c2=O)c1. The average Bonchev–Trinajstić information content (AvgIpc) is 2.61. The highest BCUT2D eigenvalue weighted by atomic mass is 19.4. The van der Waals surface area contributed by atoms with Crippen molar-refractivity contribution in [1.82, 2.24) is 4.98 Å². The van der Waals surface area contributed by atoms with Crippen molar-refractivity contribution in [2.24, 2.45) is 0 Å². The number of rotatable bonds is 3. The van der Waals surface area contributed by atoms with E-state index in [2.05, 4.69) is 10.3 Å². The third kappa shape index (κ3) is 3.74. The lowest BCUT2D eigenvalue weighted by Gasteiger charge is -2.09. The van der Waals surface area contributed by atoms with Crippen LogP contribution in [0.5, 0.6) is 0 Å². The average molecular weight is 374 g/mol. The van der Waals surface area contributed by atoms with E-state index >= 15 is 0 Å². The fraction of sp³-hybridized carbons (Fsp3) is 0.105. The first-order valence-electron chi connectivity index (χ1n) is 7.82. The summed E-state index contributed by atoms with van der Waals surface area (Å²) < 4.78 is 38.3. The molecule has 1 amide bonds. The predicted molar refractivity (Wildman–Crippen MR) is 94.0 cm³/mol. The van der Waals surface area contributed by atoms with Gasteiger partial charge in [-0.25, -0.2) is 0 Å². The first-order chi connectivity index (χ1) is 12.7. The number of halogens is 3. The smallest absolute Gasteiger partial charge is 0.360 e.